The molecule has 1 aromatic rings. The van der Waals surface area contributed by atoms with Gasteiger partial charge in [0, 0.05) is 22.3 Å². The van der Waals surface area contributed by atoms with Crippen LogP contribution >= 0.6 is 11.8 Å². The third-order valence-electron chi connectivity index (χ3n) is 2.09. The molecule has 2 N–H and O–H groups in total. The number of anilines is 1. The third kappa shape index (κ3) is 1.98. The molecule has 1 aromatic carbocycles. The molecule has 0 amide bonds. The van der Waals surface area contributed by atoms with Gasteiger partial charge in [-0.3, -0.25) is 0 Å². The van der Waals surface area contributed by atoms with Crippen molar-refractivity contribution in [2.45, 2.75) is 29.7 Å². The van der Waals surface area contributed by atoms with Crippen LogP contribution in [0.15, 0.2) is 29.2 Å². The Labute approximate surface area is 82.4 Å². The zero-order valence-electron chi connectivity index (χ0n) is 7.53. The highest BCUT2D eigenvalue weighted by Gasteiger charge is 2.18. The summed E-state index contributed by atoms with van der Waals surface area (Å²) in [5.41, 5.74) is 1.05. The highest BCUT2D eigenvalue weighted by molar-refractivity contribution is 8.00. The summed E-state index contributed by atoms with van der Waals surface area (Å²) in [4.78, 5) is 1.23. The summed E-state index contributed by atoms with van der Waals surface area (Å²) in [6.45, 7) is 2.14. The molecule has 0 aromatic heterocycles. The monoisotopic (exact) mass is 195 g/mol. The Kier molecular flexibility index (Phi) is 2.47. The molecule has 2 nitrogen and oxygen atoms in total. The maximum absolute atomic E-state index is 9.58. The molecule has 1 aliphatic rings. The van der Waals surface area contributed by atoms with Gasteiger partial charge in [-0.2, -0.15) is 0 Å². The predicted octanol–water partition coefficient (Wildman–Crippen LogP) is 2.30. The number of para-hydroxylation sites is 1. The van der Waals surface area contributed by atoms with Gasteiger partial charge in [-0.25, -0.2) is 0 Å². The van der Waals surface area contributed by atoms with Crippen molar-refractivity contribution in [2.24, 2.45) is 0 Å². The van der Waals surface area contributed by atoms with Crippen LogP contribution < -0.4 is 5.32 Å². The van der Waals surface area contributed by atoms with Gasteiger partial charge in [-0.15, -0.1) is 11.8 Å². The molecule has 1 aliphatic heterocycles. The van der Waals surface area contributed by atoms with E-state index < -0.39 is 6.23 Å². The lowest BCUT2D eigenvalue weighted by atomic mass is 10.2. The number of benzene rings is 1. The number of hydrogen-bond acceptors (Lipinski definition) is 3. The first-order valence-corrected chi connectivity index (χ1v) is 5.34. The minimum atomic E-state index is -0.411. The van der Waals surface area contributed by atoms with E-state index >= 15 is 0 Å². The lowest BCUT2D eigenvalue weighted by molar-refractivity contribution is 0.194. The Balaban J connectivity index is 2.32. The van der Waals surface area contributed by atoms with Crippen LogP contribution in [0, 0.1) is 0 Å². The van der Waals surface area contributed by atoms with E-state index in [-0.39, 0.29) is 0 Å². The zero-order valence-corrected chi connectivity index (χ0v) is 8.34. The van der Waals surface area contributed by atoms with Crippen LogP contribution in [0.1, 0.15) is 13.3 Å². The Morgan fingerprint density at radius 3 is 3.08 bits per heavy atom. The maximum Gasteiger partial charge on any atom is 0.125 e. The first kappa shape index (κ1) is 8.91. The number of rotatable bonds is 0. The van der Waals surface area contributed by atoms with Gasteiger partial charge >= 0.3 is 0 Å². The van der Waals surface area contributed by atoms with Gasteiger partial charge in [0.25, 0.3) is 0 Å². The minimum absolute atomic E-state index is 0.411. The summed E-state index contributed by atoms with van der Waals surface area (Å²) in [6.07, 6.45) is 0.380. The molecule has 2 unspecified atom stereocenters. The topological polar surface area (TPSA) is 32.3 Å². The molecule has 0 spiro atoms. The largest absolute Gasteiger partial charge is 0.374 e. The number of aliphatic hydroxyl groups excluding tert-OH is 1. The summed E-state index contributed by atoms with van der Waals surface area (Å²) in [5.74, 6) is 0. The average Bonchev–Trinajstić information content (AvgIpc) is 2.20. The molecule has 0 saturated carbocycles. The van der Waals surface area contributed by atoms with Crippen molar-refractivity contribution < 1.29 is 5.11 Å². The molecule has 13 heavy (non-hydrogen) atoms. The van der Waals surface area contributed by atoms with Gasteiger partial charge in [0.05, 0.1) is 0 Å². The fourth-order valence-electron chi connectivity index (χ4n) is 1.51. The van der Waals surface area contributed by atoms with Crippen molar-refractivity contribution in [1.82, 2.24) is 0 Å². The van der Waals surface area contributed by atoms with E-state index in [0.717, 1.165) is 12.1 Å². The molecule has 2 atom stereocenters. The van der Waals surface area contributed by atoms with Gasteiger partial charge in [0.15, 0.2) is 0 Å². The van der Waals surface area contributed by atoms with E-state index in [0.29, 0.717) is 5.25 Å². The second-order valence-corrected chi connectivity index (χ2v) is 4.80. The van der Waals surface area contributed by atoms with E-state index in [1.807, 2.05) is 30.0 Å². The molecule has 2 rings (SSSR count). The first-order valence-electron chi connectivity index (χ1n) is 4.46. The van der Waals surface area contributed by atoms with Crippen LogP contribution in [0.4, 0.5) is 5.69 Å². The summed E-state index contributed by atoms with van der Waals surface area (Å²) in [6, 6.07) is 8.10. The smallest absolute Gasteiger partial charge is 0.125 e. The number of thioether (sulfide) groups is 1. The summed E-state index contributed by atoms with van der Waals surface area (Å²) < 4.78 is 0. The fourth-order valence-corrected chi connectivity index (χ4v) is 2.63. The molecule has 0 fully saturated rings. The molecule has 0 radical (unpaired) electrons. The summed E-state index contributed by atoms with van der Waals surface area (Å²) in [7, 11) is 0. The van der Waals surface area contributed by atoms with Crippen molar-refractivity contribution in [3.8, 4) is 0 Å². The van der Waals surface area contributed by atoms with Gasteiger partial charge in [-0.05, 0) is 12.1 Å². The van der Waals surface area contributed by atoms with Crippen LogP contribution in [0.3, 0.4) is 0 Å². The maximum atomic E-state index is 9.58. The van der Waals surface area contributed by atoms with Crippen molar-refractivity contribution >= 4 is 17.4 Å². The zero-order chi connectivity index (χ0) is 9.26. The number of hydrogen-bond donors (Lipinski definition) is 2. The second kappa shape index (κ2) is 3.60. The molecule has 0 saturated heterocycles. The predicted molar refractivity (Wildman–Crippen MR) is 56.0 cm³/mol. The van der Waals surface area contributed by atoms with Gasteiger partial charge < -0.3 is 10.4 Å². The lowest BCUT2D eigenvalue weighted by Gasteiger charge is -2.11. The van der Waals surface area contributed by atoms with Crippen LogP contribution in [-0.4, -0.2) is 16.6 Å². The fraction of sp³-hybridized carbons (Fsp3) is 0.400. The molecule has 1 heterocycles. The Bertz CT molecular complexity index is 274. The van der Waals surface area contributed by atoms with E-state index in [9.17, 15) is 5.11 Å². The lowest BCUT2D eigenvalue weighted by Crippen LogP contribution is -2.20. The van der Waals surface area contributed by atoms with Crippen molar-refractivity contribution in [2.75, 3.05) is 5.32 Å². The second-order valence-electron chi connectivity index (χ2n) is 3.32. The highest BCUT2D eigenvalue weighted by Crippen LogP contribution is 2.35. The normalized spacial score (nSPS) is 27.2. The van der Waals surface area contributed by atoms with Gasteiger partial charge in [0.1, 0.15) is 6.23 Å². The standard InChI is InChI=1S/C10H13NOS/c1-7-6-10(12)11-8-4-2-3-5-9(8)13-7/h2-5,7,10-12H,6H2,1H3. The minimum Gasteiger partial charge on any atom is -0.374 e. The highest BCUT2D eigenvalue weighted by atomic mass is 32.2. The summed E-state index contributed by atoms with van der Waals surface area (Å²) >= 11 is 1.81. The molecule has 0 aliphatic carbocycles. The van der Waals surface area contributed by atoms with Crippen LogP contribution in [0.5, 0.6) is 0 Å². The van der Waals surface area contributed by atoms with Crippen molar-refractivity contribution in [1.29, 1.82) is 0 Å². The van der Waals surface area contributed by atoms with Crippen LogP contribution in [0.2, 0.25) is 0 Å². The molecule has 3 heteroatoms. The quantitative estimate of drug-likeness (QED) is 0.666. The Morgan fingerprint density at radius 2 is 2.23 bits per heavy atom. The Hall–Kier alpha value is -0.670. The summed E-state index contributed by atoms with van der Waals surface area (Å²) in [5, 5.41) is 13.1. The van der Waals surface area contributed by atoms with Crippen molar-refractivity contribution in [3.05, 3.63) is 24.3 Å². The molecule has 70 valence electrons. The number of nitrogens with one attached hydrogen (secondary N) is 1. The SMILES string of the molecule is CC1CC(O)Nc2ccccc2S1. The van der Waals surface area contributed by atoms with E-state index in [4.69, 9.17) is 0 Å². The van der Waals surface area contributed by atoms with Crippen LogP contribution in [-0.2, 0) is 0 Å². The third-order valence-corrected chi connectivity index (χ3v) is 3.30. The van der Waals surface area contributed by atoms with E-state index in [2.05, 4.69) is 18.3 Å². The van der Waals surface area contributed by atoms with Gasteiger partial charge in [-0.1, -0.05) is 19.1 Å². The van der Waals surface area contributed by atoms with E-state index in [1.165, 1.54) is 4.90 Å². The first-order chi connectivity index (χ1) is 6.25. The Morgan fingerprint density at radius 1 is 1.46 bits per heavy atom. The van der Waals surface area contributed by atoms with E-state index in [1.54, 1.807) is 0 Å². The molecular formula is C10H13NOS. The molecular weight excluding hydrogens is 182 g/mol. The number of fused-ring (bicyclic) bond motifs is 1. The van der Waals surface area contributed by atoms with Crippen LogP contribution in [0.25, 0.3) is 0 Å². The van der Waals surface area contributed by atoms with Gasteiger partial charge in [0.2, 0.25) is 0 Å². The van der Waals surface area contributed by atoms with Crippen molar-refractivity contribution in [3.63, 3.8) is 0 Å². The number of aliphatic hydroxyl groups is 1. The molecule has 0 bridgehead atoms. The average molecular weight is 195 g/mol.